The summed E-state index contributed by atoms with van der Waals surface area (Å²) in [6.45, 7) is 1.86. The van der Waals surface area contributed by atoms with Crippen molar-refractivity contribution in [3.8, 4) is 11.8 Å². The first kappa shape index (κ1) is 15.7. The zero-order valence-corrected chi connectivity index (χ0v) is 13.9. The van der Waals surface area contributed by atoms with Crippen LogP contribution in [0.25, 0.3) is 16.7 Å². The summed E-state index contributed by atoms with van der Waals surface area (Å²) in [6, 6.07) is 18.3. The molecule has 0 aliphatic carbocycles. The number of hydrogen-bond acceptors (Lipinski definition) is 4. The van der Waals surface area contributed by atoms with Crippen molar-refractivity contribution >= 4 is 22.7 Å². The molecule has 0 radical (unpaired) electrons. The van der Waals surface area contributed by atoms with Gasteiger partial charge in [-0.2, -0.15) is 10.4 Å². The molecule has 0 atom stereocenters. The average Bonchev–Trinajstić information content (AvgIpc) is 3.27. The van der Waals surface area contributed by atoms with Crippen LogP contribution in [0.15, 0.2) is 65.2 Å². The van der Waals surface area contributed by atoms with E-state index in [4.69, 9.17) is 9.68 Å². The Balaban J connectivity index is 1.57. The Morgan fingerprint density at radius 3 is 2.65 bits per heavy atom. The monoisotopic (exact) mass is 342 g/mol. The molecule has 0 aliphatic rings. The van der Waals surface area contributed by atoms with Crippen molar-refractivity contribution in [3.05, 3.63) is 77.7 Å². The Morgan fingerprint density at radius 1 is 1.15 bits per heavy atom. The van der Waals surface area contributed by atoms with E-state index < -0.39 is 0 Å². The number of carbonyl (C=O) groups is 1. The van der Waals surface area contributed by atoms with E-state index in [0.717, 1.165) is 16.6 Å². The van der Waals surface area contributed by atoms with Gasteiger partial charge in [-0.05, 0) is 37.3 Å². The summed E-state index contributed by atoms with van der Waals surface area (Å²) in [6.07, 6.45) is 1.74. The molecule has 4 rings (SSSR count). The number of para-hydroxylation sites is 1. The summed E-state index contributed by atoms with van der Waals surface area (Å²) in [4.78, 5) is 12.5. The summed E-state index contributed by atoms with van der Waals surface area (Å²) in [5.41, 5.74) is 2.85. The lowest BCUT2D eigenvalue weighted by atomic mass is 10.1. The van der Waals surface area contributed by atoms with Crippen LogP contribution in [0.1, 0.15) is 21.7 Å². The van der Waals surface area contributed by atoms with Crippen molar-refractivity contribution < 1.29 is 9.21 Å². The maximum atomic E-state index is 12.5. The smallest absolute Gasteiger partial charge is 0.292 e. The highest BCUT2D eigenvalue weighted by Gasteiger charge is 2.18. The van der Waals surface area contributed by atoms with Crippen LogP contribution in [0.2, 0.25) is 0 Å². The highest BCUT2D eigenvalue weighted by molar-refractivity contribution is 6.06. The second kappa shape index (κ2) is 6.22. The Hall–Kier alpha value is -3.85. The molecule has 26 heavy (non-hydrogen) atoms. The predicted molar refractivity (Wildman–Crippen MR) is 97.2 cm³/mol. The number of anilines is 1. The third kappa shape index (κ3) is 2.72. The molecule has 6 heteroatoms. The van der Waals surface area contributed by atoms with E-state index in [2.05, 4.69) is 16.5 Å². The van der Waals surface area contributed by atoms with Gasteiger partial charge in [0, 0.05) is 23.2 Å². The fourth-order valence-electron chi connectivity index (χ4n) is 2.79. The molecule has 0 saturated heterocycles. The lowest BCUT2D eigenvalue weighted by molar-refractivity contribution is 0.0997. The largest absolute Gasteiger partial charge is 0.451 e. The molecule has 4 aromatic rings. The van der Waals surface area contributed by atoms with E-state index in [1.54, 1.807) is 41.2 Å². The Labute approximate surface area is 149 Å². The van der Waals surface area contributed by atoms with E-state index in [1.165, 1.54) is 0 Å². The lowest BCUT2D eigenvalue weighted by Crippen LogP contribution is -2.12. The minimum Gasteiger partial charge on any atom is -0.451 e. The SMILES string of the molecule is Cc1c(C(=O)Nc2ccn(-c3ccc(C#N)cc3)n2)oc2ccccc12. The van der Waals surface area contributed by atoms with Gasteiger partial charge in [-0.3, -0.25) is 4.79 Å². The van der Waals surface area contributed by atoms with Gasteiger partial charge < -0.3 is 9.73 Å². The summed E-state index contributed by atoms with van der Waals surface area (Å²) in [7, 11) is 0. The fraction of sp³-hybridized carbons (Fsp3) is 0.0500. The van der Waals surface area contributed by atoms with Crippen molar-refractivity contribution in [2.75, 3.05) is 5.32 Å². The van der Waals surface area contributed by atoms with Crippen LogP contribution in [0.3, 0.4) is 0 Å². The number of rotatable bonds is 3. The predicted octanol–water partition coefficient (Wildman–Crippen LogP) is 4.05. The summed E-state index contributed by atoms with van der Waals surface area (Å²) < 4.78 is 7.30. The van der Waals surface area contributed by atoms with E-state index >= 15 is 0 Å². The third-order valence-corrected chi connectivity index (χ3v) is 4.14. The number of carbonyl (C=O) groups excluding carboxylic acids is 1. The fourth-order valence-corrected chi connectivity index (χ4v) is 2.79. The molecule has 126 valence electrons. The first-order valence-corrected chi connectivity index (χ1v) is 8.01. The number of aryl methyl sites for hydroxylation is 1. The van der Waals surface area contributed by atoms with Crippen LogP contribution in [-0.4, -0.2) is 15.7 Å². The van der Waals surface area contributed by atoms with Gasteiger partial charge in [0.15, 0.2) is 11.6 Å². The number of aromatic nitrogens is 2. The van der Waals surface area contributed by atoms with Crippen LogP contribution in [0.4, 0.5) is 5.82 Å². The van der Waals surface area contributed by atoms with Gasteiger partial charge in [0.1, 0.15) is 5.58 Å². The molecule has 0 aliphatic heterocycles. The minimum atomic E-state index is -0.344. The van der Waals surface area contributed by atoms with Crippen molar-refractivity contribution in [1.29, 1.82) is 5.26 Å². The van der Waals surface area contributed by atoms with Crippen molar-refractivity contribution in [2.24, 2.45) is 0 Å². The van der Waals surface area contributed by atoms with Crippen LogP contribution < -0.4 is 5.32 Å². The number of nitriles is 1. The molecule has 2 aromatic carbocycles. The highest BCUT2D eigenvalue weighted by Crippen LogP contribution is 2.25. The molecular formula is C20H14N4O2. The number of nitrogens with zero attached hydrogens (tertiary/aromatic N) is 3. The second-order valence-electron chi connectivity index (χ2n) is 5.81. The molecular weight excluding hydrogens is 328 g/mol. The van der Waals surface area contributed by atoms with E-state index in [1.807, 2.05) is 31.2 Å². The van der Waals surface area contributed by atoms with Gasteiger partial charge in [-0.15, -0.1) is 0 Å². The number of amides is 1. The maximum absolute atomic E-state index is 12.5. The van der Waals surface area contributed by atoms with E-state index in [9.17, 15) is 4.79 Å². The van der Waals surface area contributed by atoms with Gasteiger partial charge >= 0.3 is 0 Å². The number of hydrogen-bond donors (Lipinski definition) is 1. The van der Waals surface area contributed by atoms with Gasteiger partial charge in [-0.1, -0.05) is 18.2 Å². The molecule has 0 spiro atoms. The molecule has 0 bridgehead atoms. The summed E-state index contributed by atoms with van der Waals surface area (Å²) in [5, 5.41) is 16.9. The molecule has 2 heterocycles. The lowest BCUT2D eigenvalue weighted by Gasteiger charge is -2.02. The normalized spacial score (nSPS) is 10.6. The molecule has 2 aromatic heterocycles. The standard InChI is InChI=1S/C20H14N4O2/c1-13-16-4-2-3-5-17(16)26-19(13)20(25)22-18-10-11-24(23-18)15-8-6-14(12-21)7-9-15/h2-11H,1H3,(H,22,23,25). The van der Waals surface area contributed by atoms with Gasteiger partial charge in [-0.25, -0.2) is 4.68 Å². The van der Waals surface area contributed by atoms with E-state index in [-0.39, 0.29) is 11.7 Å². The topological polar surface area (TPSA) is 83.9 Å². The molecule has 1 amide bonds. The van der Waals surface area contributed by atoms with Crippen LogP contribution in [0.5, 0.6) is 0 Å². The van der Waals surface area contributed by atoms with Crippen molar-refractivity contribution in [2.45, 2.75) is 6.92 Å². The first-order valence-electron chi connectivity index (χ1n) is 8.01. The number of fused-ring (bicyclic) bond motifs is 1. The number of benzene rings is 2. The van der Waals surface area contributed by atoms with Gasteiger partial charge in [0.05, 0.1) is 17.3 Å². The summed E-state index contributed by atoms with van der Waals surface area (Å²) in [5.74, 6) is 0.349. The maximum Gasteiger partial charge on any atom is 0.292 e. The minimum absolute atomic E-state index is 0.277. The summed E-state index contributed by atoms with van der Waals surface area (Å²) >= 11 is 0. The van der Waals surface area contributed by atoms with Gasteiger partial charge in [0.25, 0.3) is 5.91 Å². The average molecular weight is 342 g/mol. The number of nitrogens with one attached hydrogen (secondary N) is 1. The van der Waals surface area contributed by atoms with E-state index in [0.29, 0.717) is 17.0 Å². The quantitative estimate of drug-likeness (QED) is 0.609. The van der Waals surface area contributed by atoms with Crippen molar-refractivity contribution in [1.82, 2.24) is 9.78 Å². The third-order valence-electron chi connectivity index (χ3n) is 4.14. The van der Waals surface area contributed by atoms with Crippen LogP contribution in [-0.2, 0) is 0 Å². The Kier molecular flexibility index (Phi) is 3.75. The zero-order chi connectivity index (χ0) is 18.1. The molecule has 6 nitrogen and oxygen atoms in total. The van der Waals surface area contributed by atoms with Crippen molar-refractivity contribution in [3.63, 3.8) is 0 Å². The molecule has 0 saturated carbocycles. The highest BCUT2D eigenvalue weighted by atomic mass is 16.3. The molecule has 0 unspecified atom stereocenters. The van der Waals surface area contributed by atoms with Gasteiger partial charge in [0.2, 0.25) is 0 Å². The number of furan rings is 1. The second-order valence-corrected chi connectivity index (χ2v) is 5.81. The zero-order valence-electron chi connectivity index (χ0n) is 13.9. The molecule has 1 N–H and O–H groups in total. The molecule has 0 fully saturated rings. The Bertz CT molecular complexity index is 1150. The Morgan fingerprint density at radius 2 is 1.92 bits per heavy atom. The first-order chi connectivity index (χ1) is 12.7. The van der Waals surface area contributed by atoms with Crippen LogP contribution >= 0.6 is 0 Å². The van der Waals surface area contributed by atoms with Crippen LogP contribution in [0, 0.1) is 18.3 Å².